The molecule has 1 spiro atoms. The lowest BCUT2D eigenvalue weighted by atomic mass is 9.66. The Kier molecular flexibility index (Phi) is 4.39. The van der Waals surface area contributed by atoms with E-state index in [0.29, 0.717) is 23.3 Å². The van der Waals surface area contributed by atoms with Gasteiger partial charge in [-0.05, 0) is 69.2 Å². The molecule has 0 radical (unpaired) electrons. The number of fused-ring (bicyclic) bond motifs is 1. The van der Waals surface area contributed by atoms with Gasteiger partial charge in [-0.25, -0.2) is 0 Å². The van der Waals surface area contributed by atoms with Gasteiger partial charge in [0.2, 0.25) is 5.91 Å². The Balaban J connectivity index is 1.34. The largest absolute Gasteiger partial charge is 0.381 e. The highest BCUT2D eigenvalue weighted by molar-refractivity contribution is 5.84. The van der Waals surface area contributed by atoms with Crippen LogP contribution in [0.4, 0.5) is 0 Å². The van der Waals surface area contributed by atoms with Crippen LogP contribution < -0.4 is 10.6 Å². The van der Waals surface area contributed by atoms with Gasteiger partial charge in [0.05, 0.1) is 5.41 Å². The molecule has 2 aliphatic carbocycles. The van der Waals surface area contributed by atoms with E-state index < -0.39 is 0 Å². The number of carbonyl (C=O) groups is 1. The van der Waals surface area contributed by atoms with Gasteiger partial charge in [0.15, 0.2) is 0 Å². The zero-order valence-corrected chi connectivity index (χ0v) is 14.4. The van der Waals surface area contributed by atoms with Crippen molar-refractivity contribution in [2.45, 2.75) is 70.3 Å². The summed E-state index contributed by atoms with van der Waals surface area (Å²) in [6, 6.07) is 0.411. The van der Waals surface area contributed by atoms with Gasteiger partial charge in [0.1, 0.15) is 0 Å². The predicted octanol–water partition coefficient (Wildman–Crippen LogP) is 2.62. The molecule has 4 heteroatoms. The van der Waals surface area contributed by atoms with Crippen molar-refractivity contribution < 1.29 is 9.53 Å². The van der Waals surface area contributed by atoms with E-state index in [1.54, 1.807) is 0 Å². The van der Waals surface area contributed by atoms with Gasteiger partial charge >= 0.3 is 0 Å². The van der Waals surface area contributed by atoms with Crippen LogP contribution in [0.15, 0.2) is 0 Å². The fraction of sp³-hybridized carbons (Fsp3) is 0.947. The summed E-state index contributed by atoms with van der Waals surface area (Å²) in [4.78, 5) is 13.1. The summed E-state index contributed by atoms with van der Waals surface area (Å²) in [6.07, 6.45) is 12.2. The molecule has 0 unspecified atom stereocenters. The summed E-state index contributed by atoms with van der Waals surface area (Å²) >= 11 is 0. The van der Waals surface area contributed by atoms with Gasteiger partial charge in [0, 0.05) is 25.8 Å². The summed E-state index contributed by atoms with van der Waals surface area (Å²) in [5, 5.41) is 6.96. The quantitative estimate of drug-likeness (QED) is 0.822. The van der Waals surface area contributed by atoms with Crippen LogP contribution in [0.2, 0.25) is 0 Å². The first-order valence-corrected chi connectivity index (χ1v) is 9.82. The Morgan fingerprint density at radius 1 is 1.00 bits per heavy atom. The SMILES string of the molecule is O=C(NC1CCC2(CCOCC2)CC1)[C@@]12CCCC[C@H]1CNC2. The zero-order valence-electron chi connectivity index (χ0n) is 14.4. The number of hydrogen-bond donors (Lipinski definition) is 2. The monoisotopic (exact) mass is 320 g/mol. The third kappa shape index (κ3) is 2.93. The van der Waals surface area contributed by atoms with Crippen molar-refractivity contribution in [3.05, 3.63) is 0 Å². The predicted molar refractivity (Wildman–Crippen MR) is 90.1 cm³/mol. The second-order valence-corrected chi connectivity index (χ2v) is 8.59. The van der Waals surface area contributed by atoms with Crippen LogP contribution in [0.25, 0.3) is 0 Å². The lowest BCUT2D eigenvalue weighted by Gasteiger charge is -2.44. The molecule has 0 aromatic heterocycles. The first-order chi connectivity index (χ1) is 11.2. The van der Waals surface area contributed by atoms with Gasteiger partial charge < -0.3 is 15.4 Å². The van der Waals surface area contributed by atoms with E-state index >= 15 is 0 Å². The molecule has 4 aliphatic rings. The van der Waals surface area contributed by atoms with Gasteiger partial charge in [-0.2, -0.15) is 0 Å². The molecular formula is C19H32N2O2. The van der Waals surface area contributed by atoms with Crippen molar-refractivity contribution in [2.24, 2.45) is 16.7 Å². The van der Waals surface area contributed by atoms with Crippen LogP contribution in [0.5, 0.6) is 0 Å². The van der Waals surface area contributed by atoms with Crippen molar-refractivity contribution in [1.82, 2.24) is 10.6 Å². The van der Waals surface area contributed by atoms with Crippen molar-refractivity contribution in [3.8, 4) is 0 Å². The number of amides is 1. The van der Waals surface area contributed by atoms with Crippen molar-refractivity contribution in [1.29, 1.82) is 0 Å². The maximum atomic E-state index is 13.1. The molecule has 2 saturated carbocycles. The van der Waals surface area contributed by atoms with Crippen LogP contribution in [-0.4, -0.2) is 38.3 Å². The van der Waals surface area contributed by atoms with Gasteiger partial charge in [-0.1, -0.05) is 12.8 Å². The normalized spacial score (nSPS) is 37.5. The Morgan fingerprint density at radius 3 is 2.57 bits per heavy atom. The number of rotatable bonds is 2. The number of hydrogen-bond acceptors (Lipinski definition) is 3. The van der Waals surface area contributed by atoms with Crippen LogP contribution in [-0.2, 0) is 9.53 Å². The molecule has 0 bridgehead atoms. The summed E-state index contributed by atoms with van der Waals surface area (Å²) in [7, 11) is 0. The molecule has 0 aromatic carbocycles. The lowest BCUT2D eigenvalue weighted by molar-refractivity contribution is -0.135. The molecule has 4 nitrogen and oxygen atoms in total. The number of nitrogens with one attached hydrogen (secondary N) is 2. The van der Waals surface area contributed by atoms with Crippen LogP contribution >= 0.6 is 0 Å². The summed E-state index contributed by atoms with van der Waals surface area (Å²) < 4.78 is 5.54. The highest BCUT2D eigenvalue weighted by Gasteiger charge is 2.50. The molecule has 23 heavy (non-hydrogen) atoms. The molecule has 4 rings (SSSR count). The minimum absolute atomic E-state index is 0.0912. The van der Waals surface area contributed by atoms with Gasteiger partial charge in [0.25, 0.3) is 0 Å². The average Bonchev–Trinajstić information content (AvgIpc) is 3.03. The standard InChI is InChI=1S/C19H32N2O2/c22-17(19-6-2-1-3-15(19)13-20-14-19)21-16-4-7-18(8-5-16)9-11-23-12-10-18/h15-16,20H,1-14H2,(H,21,22)/t15-,19+/m0/s1. The maximum absolute atomic E-state index is 13.1. The van der Waals surface area contributed by atoms with Crippen LogP contribution in [0.1, 0.15) is 64.2 Å². The smallest absolute Gasteiger partial charge is 0.228 e. The van der Waals surface area contributed by atoms with E-state index in [-0.39, 0.29) is 5.41 Å². The summed E-state index contributed by atoms with van der Waals surface area (Å²) in [5.41, 5.74) is 0.437. The maximum Gasteiger partial charge on any atom is 0.228 e. The van der Waals surface area contributed by atoms with E-state index in [1.807, 2.05) is 0 Å². The number of carbonyl (C=O) groups excluding carboxylic acids is 1. The third-order valence-corrected chi connectivity index (χ3v) is 7.43. The molecular weight excluding hydrogens is 288 g/mol. The highest BCUT2D eigenvalue weighted by Crippen LogP contribution is 2.46. The van der Waals surface area contributed by atoms with E-state index in [2.05, 4.69) is 10.6 Å². The van der Waals surface area contributed by atoms with E-state index in [9.17, 15) is 4.79 Å². The Morgan fingerprint density at radius 2 is 1.78 bits per heavy atom. The second kappa shape index (κ2) is 6.36. The topological polar surface area (TPSA) is 50.4 Å². The second-order valence-electron chi connectivity index (χ2n) is 8.59. The highest BCUT2D eigenvalue weighted by atomic mass is 16.5. The van der Waals surface area contributed by atoms with E-state index in [4.69, 9.17) is 4.74 Å². The Bertz CT molecular complexity index is 437. The molecule has 1 amide bonds. The van der Waals surface area contributed by atoms with Gasteiger partial charge in [-0.15, -0.1) is 0 Å². The lowest BCUT2D eigenvalue weighted by Crippen LogP contribution is -2.52. The Labute approximate surface area is 140 Å². The van der Waals surface area contributed by atoms with E-state index in [1.165, 1.54) is 57.8 Å². The minimum Gasteiger partial charge on any atom is -0.381 e. The first-order valence-electron chi connectivity index (χ1n) is 9.82. The Hall–Kier alpha value is -0.610. The molecule has 130 valence electrons. The van der Waals surface area contributed by atoms with Crippen LogP contribution in [0.3, 0.4) is 0 Å². The van der Waals surface area contributed by atoms with Crippen molar-refractivity contribution in [2.75, 3.05) is 26.3 Å². The van der Waals surface area contributed by atoms with E-state index in [0.717, 1.165) is 32.7 Å². The van der Waals surface area contributed by atoms with Crippen LogP contribution in [0, 0.1) is 16.7 Å². The molecule has 0 aromatic rings. The fourth-order valence-electron chi connectivity index (χ4n) is 5.70. The molecule has 2 atom stereocenters. The fourth-order valence-corrected chi connectivity index (χ4v) is 5.70. The molecule has 2 heterocycles. The third-order valence-electron chi connectivity index (χ3n) is 7.43. The molecule has 2 saturated heterocycles. The molecule has 4 fully saturated rings. The van der Waals surface area contributed by atoms with Crippen molar-refractivity contribution in [3.63, 3.8) is 0 Å². The summed E-state index contributed by atoms with van der Waals surface area (Å²) in [5.74, 6) is 0.932. The van der Waals surface area contributed by atoms with Gasteiger partial charge in [-0.3, -0.25) is 4.79 Å². The zero-order chi connectivity index (χ0) is 15.8. The van der Waals surface area contributed by atoms with Crippen molar-refractivity contribution >= 4 is 5.91 Å². The molecule has 2 N–H and O–H groups in total. The average molecular weight is 320 g/mol. The molecule has 2 aliphatic heterocycles. The first kappa shape index (κ1) is 15.9. The minimum atomic E-state index is -0.0912. The number of ether oxygens (including phenoxy) is 1. The summed E-state index contributed by atoms with van der Waals surface area (Å²) in [6.45, 7) is 3.82.